The number of carbonyl (C=O) groups excluding carboxylic acids is 4. The van der Waals surface area contributed by atoms with E-state index in [9.17, 15) is 24.0 Å². The van der Waals surface area contributed by atoms with Crippen molar-refractivity contribution in [3.63, 3.8) is 0 Å². The van der Waals surface area contributed by atoms with Crippen LogP contribution in [-0.2, 0) is 19.1 Å². The van der Waals surface area contributed by atoms with Crippen LogP contribution in [-0.4, -0.2) is 58.8 Å². The number of rotatable bonds is 11. The number of aliphatic carboxylic acids is 1. The summed E-state index contributed by atoms with van der Waals surface area (Å²) in [7, 11) is 0. The van der Waals surface area contributed by atoms with Gasteiger partial charge in [0, 0.05) is 11.3 Å². The molecule has 2 aromatic rings. The lowest BCUT2D eigenvalue weighted by Gasteiger charge is -2.13. The number of ether oxygens (including phenoxy) is 2. The Balaban J connectivity index is 1.68. The zero-order chi connectivity index (χ0) is 26.9. The van der Waals surface area contributed by atoms with E-state index in [0.29, 0.717) is 23.7 Å². The number of carboxylic acid groups (broad SMARTS) is 1. The predicted octanol–water partition coefficient (Wildman–Crippen LogP) is 4.44. The van der Waals surface area contributed by atoms with Crippen LogP contribution in [0.3, 0.4) is 0 Å². The van der Waals surface area contributed by atoms with Crippen LogP contribution in [0.5, 0.6) is 5.75 Å². The van der Waals surface area contributed by atoms with Gasteiger partial charge in [0.15, 0.2) is 6.61 Å². The summed E-state index contributed by atoms with van der Waals surface area (Å²) in [4.78, 5) is 61.8. The van der Waals surface area contributed by atoms with E-state index < -0.39 is 42.1 Å². The van der Waals surface area contributed by atoms with Crippen LogP contribution < -0.4 is 10.1 Å². The molecule has 0 aromatic heterocycles. The first-order valence-electron chi connectivity index (χ1n) is 11.1. The number of para-hydroxylation sites is 1. The standard InChI is InChI=1S/C25H23ClN2O8S/c1-2-3-10-35-24(33)17-12-16(8-9-18(17)26)27-21(29)13-28-23(32)20(37-25(28)34)11-15-6-4-5-7-19(15)36-14-22(30)31/h4-9,11-12H,2-3,10,13-14H2,1H3,(H,27,29)(H,30,31)/b20-11+. The number of carboxylic acids is 1. The highest BCUT2D eigenvalue weighted by molar-refractivity contribution is 8.18. The van der Waals surface area contributed by atoms with Crippen molar-refractivity contribution < 1.29 is 38.6 Å². The van der Waals surface area contributed by atoms with Crippen LogP contribution >= 0.6 is 23.4 Å². The van der Waals surface area contributed by atoms with Gasteiger partial charge in [0.05, 0.1) is 22.1 Å². The summed E-state index contributed by atoms with van der Waals surface area (Å²) in [5.41, 5.74) is 0.718. The van der Waals surface area contributed by atoms with Crippen LogP contribution in [0.2, 0.25) is 5.02 Å². The number of esters is 1. The van der Waals surface area contributed by atoms with Gasteiger partial charge in [-0.05, 0) is 48.5 Å². The molecule has 0 radical (unpaired) electrons. The molecule has 37 heavy (non-hydrogen) atoms. The second-order valence-corrected chi connectivity index (χ2v) is 9.12. The van der Waals surface area contributed by atoms with Gasteiger partial charge in [-0.25, -0.2) is 9.59 Å². The van der Waals surface area contributed by atoms with Crippen molar-refractivity contribution in [2.24, 2.45) is 0 Å². The van der Waals surface area contributed by atoms with Gasteiger partial charge in [0.1, 0.15) is 12.3 Å². The Morgan fingerprint density at radius 3 is 2.65 bits per heavy atom. The maximum absolute atomic E-state index is 12.8. The minimum Gasteiger partial charge on any atom is -0.481 e. The lowest BCUT2D eigenvalue weighted by Crippen LogP contribution is -2.36. The van der Waals surface area contributed by atoms with E-state index in [1.807, 2.05) is 6.92 Å². The molecule has 1 saturated heterocycles. The van der Waals surface area contributed by atoms with Crippen molar-refractivity contribution in [1.82, 2.24) is 4.90 Å². The van der Waals surface area contributed by atoms with Crippen molar-refractivity contribution in [3.8, 4) is 5.75 Å². The molecule has 0 atom stereocenters. The molecule has 0 saturated carbocycles. The average molecular weight is 547 g/mol. The number of nitrogens with one attached hydrogen (secondary N) is 1. The fraction of sp³-hybridized carbons (Fsp3) is 0.240. The largest absolute Gasteiger partial charge is 0.481 e. The number of hydrogen-bond donors (Lipinski definition) is 2. The molecule has 0 spiro atoms. The van der Waals surface area contributed by atoms with E-state index in [-0.39, 0.29) is 33.5 Å². The number of amides is 3. The molecule has 2 aromatic carbocycles. The summed E-state index contributed by atoms with van der Waals surface area (Å²) in [5.74, 6) is -2.92. The minimum absolute atomic E-state index is 0.0489. The second-order valence-electron chi connectivity index (χ2n) is 7.72. The highest BCUT2D eigenvalue weighted by atomic mass is 35.5. The molecule has 0 aliphatic carbocycles. The molecule has 1 fully saturated rings. The van der Waals surface area contributed by atoms with Crippen LogP contribution in [0.25, 0.3) is 6.08 Å². The van der Waals surface area contributed by atoms with E-state index in [1.54, 1.807) is 18.2 Å². The molecule has 3 amide bonds. The van der Waals surface area contributed by atoms with Crippen molar-refractivity contribution in [3.05, 3.63) is 63.5 Å². The smallest absolute Gasteiger partial charge is 0.341 e. The lowest BCUT2D eigenvalue weighted by molar-refractivity contribution is -0.139. The third-order valence-corrected chi connectivity index (χ3v) is 6.17. The maximum atomic E-state index is 12.8. The number of carbonyl (C=O) groups is 5. The molecule has 12 heteroatoms. The van der Waals surface area contributed by atoms with Gasteiger partial charge < -0.3 is 19.9 Å². The highest BCUT2D eigenvalue weighted by Crippen LogP contribution is 2.34. The Hall–Kier alpha value is -3.83. The molecular weight excluding hydrogens is 524 g/mol. The van der Waals surface area contributed by atoms with E-state index in [2.05, 4.69) is 5.32 Å². The van der Waals surface area contributed by atoms with Gasteiger partial charge in [0.2, 0.25) is 5.91 Å². The van der Waals surface area contributed by atoms with Gasteiger partial charge >= 0.3 is 11.9 Å². The summed E-state index contributed by atoms with van der Waals surface area (Å²) in [5, 5.41) is 10.9. The number of nitrogens with zero attached hydrogens (tertiary/aromatic N) is 1. The van der Waals surface area contributed by atoms with Crippen molar-refractivity contribution in [2.45, 2.75) is 19.8 Å². The zero-order valence-corrected chi connectivity index (χ0v) is 21.3. The first-order valence-corrected chi connectivity index (χ1v) is 12.3. The normalized spacial score (nSPS) is 14.1. The van der Waals surface area contributed by atoms with E-state index >= 15 is 0 Å². The van der Waals surface area contributed by atoms with Crippen molar-refractivity contribution >= 4 is 64.1 Å². The van der Waals surface area contributed by atoms with Gasteiger partial charge in [0.25, 0.3) is 11.1 Å². The lowest BCUT2D eigenvalue weighted by atomic mass is 10.2. The Bertz CT molecular complexity index is 1260. The molecule has 2 N–H and O–H groups in total. The third kappa shape index (κ3) is 7.58. The fourth-order valence-electron chi connectivity index (χ4n) is 3.14. The Morgan fingerprint density at radius 2 is 1.92 bits per heavy atom. The van der Waals surface area contributed by atoms with E-state index in [0.717, 1.165) is 11.3 Å². The van der Waals surface area contributed by atoms with Gasteiger partial charge in [-0.3, -0.25) is 19.3 Å². The number of anilines is 1. The van der Waals surface area contributed by atoms with Crippen LogP contribution in [0.15, 0.2) is 47.4 Å². The number of thioether (sulfide) groups is 1. The van der Waals surface area contributed by atoms with Crippen LogP contribution in [0.4, 0.5) is 10.5 Å². The summed E-state index contributed by atoms with van der Waals surface area (Å²) < 4.78 is 10.4. The molecule has 0 unspecified atom stereocenters. The number of imide groups is 1. The van der Waals surface area contributed by atoms with Gasteiger partial charge in [-0.1, -0.05) is 43.1 Å². The average Bonchev–Trinajstić information content (AvgIpc) is 3.11. The number of halogens is 1. The van der Waals surface area contributed by atoms with Crippen LogP contribution in [0.1, 0.15) is 35.7 Å². The fourth-order valence-corrected chi connectivity index (χ4v) is 4.16. The van der Waals surface area contributed by atoms with E-state index in [4.69, 9.17) is 26.2 Å². The van der Waals surface area contributed by atoms with Crippen molar-refractivity contribution in [2.75, 3.05) is 25.1 Å². The van der Waals surface area contributed by atoms with Gasteiger partial charge in [-0.2, -0.15) is 0 Å². The number of hydrogen-bond acceptors (Lipinski definition) is 8. The molecule has 3 rings (SSSR count). The quantitative estimate of drug-likeness (QED) is 0.238. The third-order valence-electron chi connectivity index (χ3n) is 4.93. The summed E-state index contributed by atoms with van der Waals surface area (Å²) >= 11 is 6.73. The summed E-state index contributed by atoms with van der Waals surface area (Å²) in [6.45, 7) is 1.07. The van der Waals surface area contributed by atoms with E-state index in [1.165, 1.54) is 30.3 Å². The first kappa shape index (κ1) is 27.8. The van der Waals surface area contributed by atoms with Crippen LogP contribution in [0, 0.1) is 0 Å². The molecule has 10 nitrogen and oxygen atoms in total. The SMILES string of the molecule is CCCCOC(=O)c1cc(NC(=O)CN2C(=O)S/C(=C/c3ccccc3OCC(=O)O)C2=O)ccc1Cl. The highest BCUT2D eigenvalue weighted by Gasteiger charge is 2.36. The Kier molecular flexibility index (Phi) is 9.70. The molecular formula is C25H23ClN2O8S. The minimum atomic E-state index is -1.16. The zero-order valence-electron chi connectivity index (χ0n) is 19.7. The van der Waals surface area contributed by atoms with Gasteiger partial charge in [-0.15, -0.1) is 0 Å². The summed E-state index contributed by atoms with van der Waals surface area (Å²) in [6.07, 6.45) is 2.95. The van der Waals surface area contributed by atoms with Crippen molar-refractivity contribution in [1.29, 1.82) is 0 Å². The second kappa shape index (κ2) is 12.9. The number of unbranched alkanes of at least 4 members (excludes halogenated alkanes) is 1. The maximum Gasteiger partial charge on any atom is 0.341 e. The Labute approximate surface area is 221 Å². The summed E-state index contributed by atoms with van der Waals surface area (Å²) in [6, 6.07) is 10.7. The number of benzene rings is 2. The Morgan fingerprint density at radius 1 is 1.16 bits per heavy atom. The molecule has 0 bridgehead atoms. The molecule has 1 aliphatic heterocycles. The monoisotopic (exact) mass is 546 g/mol. The molecule has 194 valence electrons. The topological polar surface area (TPSA) is 139 Å². The predicted molar refractivity (Wildman–Crippen MR) is 138 cm³/mol. The molecule has 1 aliphatic rings. The first-order chi connectivity index (χ1) is 17.7. The molecule has 1 heterocycles.